The number of rotatable bonds is 5. The normalized spacial score (nSPS) is 26.8. The van der Waals surface area contributed by atoms with Gasteiger partial charge in [0.1, 0.15) is 29.9 Å². The van der Waals surface area contributed by atoms with Crippen LogP contribution in [0.15, 0.2) is 12.7 Å². The second-order valence-electron chi connectivity index (χ2n) is 5.27. The summed E-state index contributed by atoms with van der Waals surface area (Å²) in [5.74, 6) is -0.0516. The van der Waals surface area contributed by atoms with Crippen LogP contribution in [0.2, 0.25) is 0 Å². The molecular weight excluding hydrogens is 336 g/mol. The molecule has 2 aromatic rings. The third-order valence-electron chi connectivity index (χ3n) is 3.84. The molecule has 1 saturated heterocycles. The molecule has 0 aliphatic carbocycles. The van der Waals surface area contributed by atoms with Crippen molar-refractivity contribution >= 4 is 34.7 Å². The quantitative estimate of drug-likeness (QED) is 0.503. The zero-order valence-electron chi connectivity index (χ0n) is 12.9. The molecule has 0 saturated carbocycles. The molecule has 2 aromatic heterocycles. The number of nitrogens with zero attached hydrogens (tertiary/aromatic N) is 4. The number of fused-ring (bicyclic) bond motifs is 1. The predicted molar refractivity (Wildman–Crippen MR) is 87.1 cm³/mol. The summed E-state index contributed by atoms with van der Waals surface area (Å²) in [6.45, 7) is -0.414. The molecule has 1 aliphatic heterocycles. The third-order valence-corrected chi connectivity index (χ3v) is 5.39. The number of nitrogens with two attached hydrogens (primary N) is 1. The molecular formula is C13H18N6O4S. The highest BCUT2D eigenvalue weighted by Crippen LogP contribution is 2.44. The molecule has 130 valence electrons. The van der Waals surface area contributed by atoms with Crippen LogP contribution in [0.1, 0.15) is 5.37 Å². The van der Waals surface area contributed by atoms with Crippen LogP contribution in [-0.2, 0) is 9.53 Å². The fourth-order valence-corrected chi connectivity index (χ4v) is 4.01. The van der Waals surface area contributed by atoms with Gasteiger partial charge in [0.25, 0.3) is 0 Å². The van der Waals surface area contributed by atoms with E-state index in [1.54, 1.807) is 4.57 Å². The Morgan fingerprint density at radius 3 is 3.00 bits per heavy atom. The first-order valence-electron chi connectivity index (χ1n) is 7.26. The van der Waals surface area contributed by atoms with Crippen molar-refractivity contribution in [3.63, 3.8) is 0 Å². The van der Waals surface area contributed by atoms with Crippen LogP contribution >= 0.6 is 11.8 Å². The Bertz CT molecular complexity index is 740. The number of nitrogens with one attached hydrogen (secondary N) is 1. The van der Waals surface area contributed by atoms with Gasteiger partial charge in [-0.1, -0.05) is 0 Å². The lowest BCUT2D eigenvalue weighted by Crippen LogP contribution is -2.38. The number of carbonyl (C=O) groups is 1. The topological polar surface area (TPSA) is 148 Å². The predicted octanol–water partition coefficient (Wildman–Crippen LogP) is -1.49. The SMILES string of the molecule is CNC(=O)COC1C(O)[C@@H](CO)S[C@H]1n1cnc2c(N)ncnc21. The highest BCUT2D eigenvalue weighted by molar-refractivity contribution is 8.00. The zero-order valence-corrected chi connectivity index (χ0v) is 13.7. The summed E-state index contributed by atoms with van der Waals surface area (Å²) in [6.07, 6.45) is 1.22. The summed E-state index contributed by atoms with van der Waals surface area (Å²) < 4.78 is 7.31. The number of hydrogen-bond acceptors (Lipinski definition) is 9. The molecule has 0 spiro atoms. The molecule has 4 atom stereocenters. The minimum absolute atomic E-state index is 0.197. The standard InChI is InChI=1S/C13H18N6O4S/c1-15-7(21)3-23-10-9(22)6(2-20)24-13(10)19-5-18-8-11(14)16-4-17-12(8)19/h4-6,9-10,13,20,22H,2-3H2,1H3,(H,15,21)(H2,14,16,17)/t6-,9?,10?,13-/m1/s1. The van der Waals surface area contributed by atoms with Crippen molar-refractivity contribution in [2.45, 2.75) is 22.8 Å². The fourth-order valence-electron chi connectivity index (χ4n) is 2.57. The minimum Gasteiger partial charge on any atom is -0.395 e. The van der Waals surface area contributed by atoms with Gasteiger partial charge in [0.2, 0.25) is 5.91 Å². The lowest BCUT2D eigenvalue weighted by Gasteiger charge is -2.22. The summed E-state index contributed by atoms with van der Waals surface area (Å²) in [7, 11) is 1.50. The molecule has 3 rings (SSSR count). The van der Waals surface area contributed by atoms with Gasteiger partial charge >= 0.3 is 0 Å². The molecule has 5 N–H and O–H groups in total. The summed E-state index contributed by atoms with van der Waals surface area (Å²) >= 11 is 1.33. The molecule has 0 aromatic carbocycles. The minimum atomic E-state index is -0.939. The van der Waals surface area contributed by atoms with Gasteiger partial charge in [0.05, 0.1) is 24.3 Å². The van der Waals surface area contributed by atoms with Crippen molar-refractivity contribution < 1.29 is 19.7 Å². The molecule has 1 aliphatic rings. The van der Waals surface area contributed by atoms with Gasteiger partial charge in [-0.05, 0) is 0 Å². The van der Waals surface area contributed by atoms with E-state index in [9.17, 15) is 15.0 Å². The van der Waals surface area contributed by atoms with Crippen molar-refractivity contribution in [2.24, 2.45) is 0 Å². The number of hydrogen-bond donors (Lipinski definition) is 4. The smallest absolute Gasteiger partial charge is 0.245 e. The average Bonchev–Trinajstić information content (AvgIpc) is 3.14. The molecule has 10 nitrogen and oxygen atoms in total. The number of carbonyl (C=O) groups excluding carboxylic acids is 1. The van der Waals surface area contributed by atoms with Gasteiger partial charge in [-0.25, -0.2) is 15.0 Å². The summed E-state index contributed by atoms with van der Waals surface area (Å²) in [4.78, 5) is 23.7. The molecule has 1 amide bonds. The number of aliphatic hydroxyl groups excluding tert-OH is 2. The van der Waals surface area contributed by atoms with Gasteiger partial charge in [0, 0.05) is 7.05 Å². The number of aromatic nitrogens is 4. The average molecular weight is 354 g/mol. The van der Waals surface area contributed by atoms with Crippen molar-refractivity contribution in [3.8, 4) is 0 Å². The first kappa shape index (κ1) is 16.9. The van der Waals surface area contributed by atoms with E-state index < -0.39 is 22.8 Å². The Balaban J connectivity index is 1.93. The molecule has 0 radical (unpaired) electrons. The summed E-state index contributed by atoms with van der Waals surface area (Å²) in [5.41, 5.74) is 6.74. The number of aliphatic hydroxyl groups is 2. The highest BCUT2D eigenvalue weighted by Gasteiger charge is 2.45. The molecule has 24 heavy (non-hydrogen) atoms. The Kier molecular flexibility index (Phi) is 4.85. The monoisotopic (exact) mass is 354 g/mol. The van der Waals surface area contributed by atoms with Crippen molar-refractivity contribution in [1.29, 1.82) is 0 Å². The number of anilines is 1. The van der Waals surface area contributed by atoms with E-state index >= 15 is 0 Å². The molecule has 0 bridgehead atoms. The number of nitrogen functional groups attached to an aromatic ring is 1. The molecule has 1 fully saturated rings. The Hall–Kier alpha value is -1.95. The first-order chi connectivity index (χ1) is 11.6. The van der Waals surface area contributed by atoms with Crippen LogP contribution in [0, 0.1) is 0 Å². The van der Waals surface area contributed by atoms with E-state index in [4.69, 9.17) is 10.5 Å². The van der Waals surface area contributed by atoms with Gasteiger partial charge in [-0.3, -0.25) is 9.36 Å². The number of thioether (sulfide) groups is 1. The second-order valence-corrected chi connectivity index (χ2v) is 6.63. The van der Waals surface area contributed by atoms with Crippen LogP contribution < -0.4 is 11.1 Å². The van der Waals surface area contributed by atoms with Crippen LogP contribution in [0.25, 0.3) is 11.2 Å². The molecule has 11 heteroatoms. The van der Waals surface area contributed by atoms with E-state index in [-0.39, 0.29) is 24.9 Å². The maximum Gasteiger partial charge on any atom is 0.245 e. The number of likely N-dealkylation sites (N-methyl/N-ethyl adjacent to an activating group) is 1. The van der Waals surface area contributed by atoms with Crippen LogP contribution in [0.4, 0.5) is 5.82 Å². The maximum absolute atomic E-state index is 11.4. The van der Waals surface area contributed by atoms with Gasteiger partial charge in [-0.2, -0.15) is 0 Å². The van der Waals surface area contributed by atoms with Crippen molar-refractivity contribution in [3.05, 3.63) is 12.7 Å². The summed E-state index contributed by atoms with van der Waals surface area (Å²) in [6, 6.07) is 0. The Morgan fingerprint density at radius 1 is 1.50 bits per heavy atom. The fraction of sp³-hybridized carbons (Fsp3) is 0.538. The zero-order chi connectivity index (χ0) is 17.3. The van der Waals surface area contributed by atoms with Gasteiger partial charge < -0.3 is 26.0 Å². The largest absolute Gasteiger partial charge is 0.395 e. The van der Waals surface area contributed by atoms with Crippen molar-refractivity contribution in [1.82, 2.24) is 24.8 Å². The first-order valence-corrected chi connectivity index (χ1v) is 8.20. The van der Waals surface area contributed by atoms with Crippen LogP contribution in [0.3, 0.4) is 0 Å². The number of ether oxygens (including phenoxy) is 1. The second kappa shape index (κ2) is 6.89. The van der Waals surface area contributed by atoms with E-state index in [0.29, 0.717) is 11.2 Å². The lowest BCUT2D eigenvalue weighted by molar-refractivity contribution is -0.130. The maximum atomic E-state index is 11.4. The number of imidazole rings is 1. The van der Waals surface area contributed by atoms with Gasteiger partial charge in [-0.15, -0.1) is 11.8 Å². The number of amides is 1. The Labute approximate surface area is 141 Å². The molecule has 2 unspecified atom stereocenters. The lowest BCUT2D eigenvalue weighted by atomic mass is 10.1. The van der Waals surface area contributed by atoms with E-state index in [0.717, 1.165) is 0 Å². The third kappa shape index (κ3) is 2.90. The van der Waals surface area contributed by atoms with Gasteiger partial charge in [0.15, 0.2) is 11.5 Å². The van der Waals surface area contributed by atoms with Crippen molar-refractivity contribution in [2.75, 3.05) is 26.0 Å². The van der Waals surface area contributed by atoms with E-state index in [2.05, 4.69) is 20.3 Å². The Morgan fingerprint density at radius 2 is 2.29 bits per heavy atom. The van der Waals surface area contributed by atoms with E-state index in [1.165, 1.54) is 31.5 Å². The molecule has 3 heterocycles. The highest BCUT2D eigenvalue weighted by atomic mass is 32.2. The van der Waals surface area contributed by atoms with Crippen LogP contribution in [0.5, 0.6) is 0 Å². The van der Waals surface area contributed by atoms with Crippen LogP contribution in [-0.4, -0.2) is 73.4 Å². The summed E-state index contributed by atoms with van der Waals surface area (Å²) in [5, 5.41) is 21.5. The van der Waals surface area contributed by atoms with E-state index in [1.807, 2.05) is 0 Å².